The van der Waals surface area contributed by atoms with E-state index in [0.29, 0.717) is 11.3 Å². The van der Waals surface area contributed by atoms with Crippen molar-refractivity contribution in [2.45, 2.75) is 51.1 Å². The van der Waals surface area contributed by atoms with Gasteiger partial charge in [-0.15, -0.1) is 0 Å². The molecule has 4 rings (SSSR count). The Morgan fingerprint density at radius 3 is 2.04 bits per heavy atom. The minimum Gasteiger partial charge on any atom is -0.347 e. The summed E-state index contributed by atoms with van der Waals surface area (Å²) >= 11 is 0. The van der Waals surface area contributed by atoms with Crippen LogP contribution in [0.5, 0.6) is 0 Å². The van der Waals surface area contributed by atoms with E-state index in [2.05, 4.69) is 5.32 Å². The lowest BCUT2D eigenvalue weighted by Gasteiger charge is -2.56. The summed E-state index contributed by atoms with van der Waals surface area (Å²) in [5, 5.41) is 2.53. The number of nitrogens with zero attached hydrogens (tertiary/aromatic N) is 1. The molecule has 0 aliphatic heterocycles. The molecule has 0 saturated heterocycles. The Labute approximate surface area is 140 Å². The van der Waals surface area contributed by atoms with Gasteiger partial charge in [0.1, 0.15) is 6.54 Å². The first kappa shape index (κ1) is 17.5. The van der Waals surface area contributed by atoms with E-state index in [1.807, 2.05) is 0 Å². The van der Waals surface area contributed by atoms with E-state index in [1.54, 1.807) is 0 Å². The highest BCUT2D eigenvalue weighted by Gasteiger charge is 2.51. The maximum Gasteiger partial charge on any atom is 0.406 e. The van der Waals surface area contributed by atoms with Gasteiger partial charge in [-0.3, -0.25) is 9.59 Å². The van der Waals surface area contributed by atoms with Gasteiger partial charge in [-0.25, -0.2) is 0 Å². The van der Waals surface area contributed by atoms with Crippen molar-refractivity contribution in [2.75, 3.05) is 20.1 Å². The van der Waals surface area contributed by atoms with Crippen LogP contribution in [-0.2, 0) is 9.59 Å². The van der Waals surface area contributed by atoms with Crippen LogP contribution in [0.1, 0.15) is 44.9 Å². The van der Waals surface area contributed by atoms with Gasteiger partial charge in [0.05, 0.1) is 6.54 Å². The first-order valence-corrected chi connectivity index (χ1v) is 8.71. The molecular weight excluding hydrogens is 321 g/mol. The van der Waals surface area contributed by atoms with Gasteiger partial charge < -0.3 is 10.2 Å². The highest BCUT2D eigenvalue weighted by molar-refractivity contribution is 5.84. The van der Waals surface area contributed by atoms with Crippen LogP contribution in [0, 0.1) is 23.2 Å². The van der Waals surface area contributed by atoms with E-state index in [-0.39, 0.29) is 17.9 Å². The lowest BCUT2D eigenvalue weighted by molar-refractivity contribution is -0.158. The van der Waals surface area contributed by atoms with E-state index in [9.17, 15) is 22.8 Å². The Morgan fingerprint density at radius 1 is 1.08 bits per heavy atom. The number of alkyl halides is 3. The molecule has 4 nitrogen and oxygen atoms in total. The van der Waals surface area contributed by atoms with Crippen LogP contribution in [0.3, 0.4) is 0 Å². The van der Waals surface area contributed by atoms with Crippen LogP contribution >= 0.6 is 0 Å². The predicted molar refractivity (Wildman–Crippen MR) is 81.9 cm³/mol. The van der Waals surface area contributed by atoms with Crippen molar-refractivity contribution in [3.05, 3.63) is 0 Å². The van der Waals surface area contributed by atoms with Gasteiger partial charge >= 0.3 is 6.18 Å². The molecule has 4 aliphatic carbocycles. The molecule has 4 saturated carbocycles. The third-order valence-corrected chi connectivity index (χ3v) is 5.98. The molecule has 2 amide bonds. The topological polar surface area (TPSA) is 49.4 Å². The van der Waals surface area contributed by atoms with Gasteiger partial charge in [0.15, 0.2) is 0 Å². The zero-order valence-electron chi connectivity index (χ0n) is 14.0. The first-order chi connectivity index (χ1) is 11.1. The average Bonchev–Trinajstić information content (AvgIpc) is 2.40. The number of likely N-dealkylation sites (N-methyl/N-ethyl adjacent to an activating group) is 1. The Hall–Kier alpha value is -1.27. The van der Waals surface area contributed by atoms with Crippen molar-refractivity contribution in [1.82, 2.24) is 10.2 Å². The van der Waals surface area contributed by atoms with Crippen molar-refractivity contribution in [3.8, 4) is 0 Å². The fourth-order valence-corrected chi connectivity index (χ4v) is 5.58. The number of nitrogens with one attached hydrogen (secondary N) is 1. The van der Waals surface area contributed by atoms with Crippen molar-refractivity contribution in [2.24, 2.45) is 23.2 Å². The third-order valence-electron chi connectivity index (χ3n) is 5.98. The van der Waals surface area contributed by atoms with E-state index < -0.39 is 18.6 Å². The molecule has 24 heavy (non-hydrogen) atoms. The zero-order valence-corrected chi connectivity index (χ0v) is 14.0. The monoisotopic (exact) mass is 346 g/mol. The summed E-state index contributed by atoms with van der Waals surface area (Å²) in [5.41, 5.74) is 0.0692. The molecule has 136 valence electrons. The second-order valence-electron chi connectivity index (χ2n) is 8.24. The number of hydrogen-bond donors (Lipinski definition) is 1. The zero-order chi connectivity index (χ0) is 17.5. The fourth-order valence-electron chi connectivity index (χ4n) is 5.58. The highest BCUT2D eigenvalue weighted by Crippen LogP contribution is 2.61. The Morgan fingerprint density at radius 2 is 1.58 bits per heavy atom. The molecule has 0 unspecified atom stereocenters. The van der Waals surface area contributed by atoms with Crippen LogP contribution in [-0.4, -0.2) is 43.0 Å². The predicted octanol–water partition coefficient (Wildman–Crippen LogP) is 2.73. The summed E-state index contributed by atoms with van der Waals surface area (Å²) in [5.74, 6) is 1.30. The fraction of sp³-hybridized carbons (Fsp3) is 0.882. The molecular formula is C17H25F3N2O2. The minimum absolute atomic E-state index is 0.0692. The van der Waals surface area contributed by atoms with E-state index in [4.69, 9.17) is 0 Å². The number of rotatable bonds is 5. The van der Waals surface area contributed by atoms with Crippen LogP contribution in [0.4, 0.5) is 13.2 Å². The summed E-state index contributed by atoms with van der Waals surface area (Å²) in [7, 11) is 1.10. The molecule has 0 radical (unpaired) electrons. The molecule has 1 N–H and O–H groups in total. The molecule has 0 heterocycles. The van der Waals surface area contributed by atoms with Crippen molar-refractivity contribution in [3.63, 3.8) is 0 Å². The highest BCUT2D eigenvalue weighted by atomic mass is 19.4. The first-order valence-electron chi connectivity index (χ1n) is 8.71. The average molecular weight is 346 g/mol. The summed E-state index contributed by atoms with van der Waals surface area (Å²) in [6.07, 6.45) is 3.14. The third kappa shape index (κ3) is 4.03. The lowest BCUT2D eigenvalue weighted by Crippen LogP contribution is -2.49. The SMILES string of the molecule is CN(CC(F)(F)F)C(=O)CNC(=O)CC12CC3CC(CC(C3)C1)C2. The molecule has 0 spiro atoms. The van der Waals surface area contributed by atoms with Gasteiger partial charge in [0.2, 0.25) is 11.8 Å². The number of carbonyl (C=O) groups is 2. The van der Waals surface area contributed by atoms with Gasteiger partial charge in [0.25, 0.3) is 0 Å². The molecule has 0 aromatic heterocycles. The Bertz CT molecular complexity index is 483. The van der Waals surface area contributed by atoms with E-state index in [1.165, 1.54) is 19.3 Å². The molecule has 4 aliphatic rings. The molecule has 0 aromatic carbocycles. The second-order valence-corrected chi connectivity index (χ2v) is 8.24. The maximum absolute atomic E-state index is 12.3. The number of halogens is 3. The smallest absolute Gasteiger partial charge is 0.347 e. The van der Waals surface area contributed by atoms with Crippen LogP contribution in [0.15, 0.2) is 0 Å². The second kappa shape index (κ2) is 6.23. The Balaban J connectivity index is 1.47. The molecule has 0 atom stereocenters. The minimum atomic E-state index is -4.42. The Kier molecular flexibility index (Phi) is 4.55. The normalized spacial score (nSPS) is 34.2. The largest absolute Gasteiger partial charge is 0.406 e. The van der Waals surface area contributed by atoms with Crippen molar-refractivity contribution >= 4 is 11.8 Å². The summed E-state index contributed by atoms with van der Waals surface area (Å²) < 4.78 is 36.8. The van der Waals surface area contributed by atoms with Gasteiger partial charge in [-0.1, -0.05) is 0 Å². The van der Waals surface area contributed by atoms with E-state index in [0.717, 1.165) is 44.1 Å². The number of carbonyl (C=O) groups excluding carboxylic acids is 2. The number of hydrogen-bond acceptors (Lipinski definition) is 2. The molecule has 7 heteroatoms. The quantitative estimate of drug-likeness (QED) is 0.832. The molecule has 4 bridgehead atoms. The summed E-state index contributed by atoms with van der Waals surface area (Å²) in [6, 6.07) is 0. The van der Waals surface area contributed by atoms with Gasteiger partial charge in [-0.2, -0.15) is 13.2 Å². The van der Waals surface area contributed by atoms with E-state index >= 15 is 0 Å². The van der Waals surface area contributed by atoms with Crippen LogP contribution < -0.4 is 5.32 Å². The standard InChI is InChI=1S/C17H25F3N2O2/c1-22(10-17(18,19)20)15(24)9-21-14(23)8-16-5-11-2-12(6-16)4-13(3-11)7-16/h11-13H,2-10H2,1H3,(H,21,23). The lowest BCUT2D eigenvalue weighted by atomic mass is 9.49. The summed E-state index contributed by atoms with van der Waals surface area (Å²) in [6.45, 7) is -1.66. The maximum atomic E-state index is 12.3. The number of amides is 2. The van der Waals surface area contributed by atoms with Crippen molar-refractivity contribution in [1.29, 1.82) is 0 Å². The molecule has 0 aromatic rings. The van der Waals surface area contributed by atoms with Crippen molar-refractivity contribution < 1.29 is 22.8 Å². The van der Waals surface area contributed by atoms with Gasteiger partial charge in [-0.05, 0) is 61.7 Å². The summed E-state index contributed by atoms with van der Waals surface area (Å²) in [4.78, 5) is 24.5. The van der Waals surface area contributed by atoms with Gasteiger partial charge in [0, 0.05) is 13.5 Å². The van der Waals surface area contributed by atoms with Crippen LogP contribution in [0.25, 0.3) is 0 Å². The molecule has 4 fully saturated rings. The van der Waals surface area contributed by atoms with Crippen LogP contribution in [0.2, 0.25) is 0 Å².